The lowest BCUT2D eigenvalue weighted by molar-refractivity contribution is 0.276. The number of aliphatic hydroxyl groups is 1. The zero-order valence-corrected chi connectivity index (χ0v) is 10.4. The first-order chi connectivity index (χ1) is 6.15. The second kappa shape index (κ2) is 6.40. The Labute approximate surface area is 99.0 Å². The minimum atomic E-state index is -0.0671. The van der Waals surface area contributed by atoms with Gasteiger partial charge in [0.15, 0.2) is 0 Å². The highest BCUT2D eigenvalue weighted by Crippen LogP contribution is 2.22. The molecule has 0 amide bonds. The van der Waals surface area contributed by atoms with E-state index >= 15 is 0 Å². The van der Waals surface area contributed by atoms with Gasteiger partial charge in [-0.05, 0) is 36.6 Å². The lowest BCUT2D eigenvalue weighted by atomic mass is 10.00. The van der Waals surface area contributed by atoms with Crippen molar-refractivity contribution in [2.45, 2.75) is 19.4 Å². The summed E-state index contributed by atoms with van der Waals surface area (Å²) in [6.45, 7) is 2.16. The third kappa shape index (κ3) is 3.58. The molecule has 0 bridgehead atoms. The van der Waals surface area contributed by atoms with E-state index in [1.54, 1.807) is 0 Å². The fourth-order valence-electron chi connectivity index (χ4n) is 1.31. The van der Waals surface area contributed by atoms with Gasteiger partial charge in [0.2, 0.25) is 0 Å². The molecule has 0 fully saturated rings. The Morgan fingerprint density at radius 1 is 1.50 bits per heavy atom. The van der Waals surface area contributed by atoms with Gasteiger partial charge in [-0.1, -0.05) is 22.0 Å². The SMILES string of the molecule is Cc1ccc(Br)cc1[C@@H](N)CCO.Cl. The van der Waals surface area contributed by atoms with Gasteiger partial charge in [0, 0.05) is 17.1 Å². The molecular formula is C10H15BrClNO. The van der Waals surface area contributed by atoms with Crippen LogP contribution in [0.25, 0.3) is 0 Å². The zero-order valence-electron chi connectivity index (χ0n) is 8.03. The molecule has 3 N–H and O–H groups in total. The van der Waals surface area contributed by atoms with Crippen LogP contribution in [-0.4, -0.2) is 11.7 Å². The molecular weight excluding hydrogens is 265 g/mol. The van der Waals surface area contributed by atoms with Crippen molar-refractivity contribution in [3.63, 3.8) is 0 Å². The second-order valence-corrected chi connectivity index (χ2v) is 4.04. The third-order valence-electron chi connectivity index (χ3n) is 2.08. The van der Waals surface area contributed by atoms with Gasteiger partial charge in [-0.15, -0.1) is 12.4 Å². The van der Waals surface area contributed by atoms with E-state index in [9.17, 15) is 0 Å². The van der Waals surface area contributed by atoms with E-state index in [0.29, 0.717) is 6.42 Å². The van der Waals surface area contributed by atoms with Gasteiger partial charge < -0.3 is 10.8 Å². The van der Waals surface area contributed by atoms with Gasteiger partial charge in [0.1, 0.15) is 0 Å². The Kier molecular flexibility index (Phi) is 6.36. The molecule has 0 unspecified atom stereocenters. The Morgan fingerprint density at radius 2 is 2.14 bits per heavy atom. The highest BCUT2D eigenvalue weighted by molar-refractivity contribution is 9.10. The summed E-state index contributed by atoms with van der Waals surface area (Å²) in [5.41, 5.74) is 8.17. The van der Waals surface area contributed by atoms with Crippen LogP contribution in [-0.2, 0) is 0 Å². The first kappa shape index (κ1) is 13.9. The molecule has 0 heterocycles. The van der Waals surface area contributed by atoms with E-state index in [-0.39, 0.29) is 25.1 Å². The van der Waals surface area contributed by atoms with Gasteiger partial charge in [-0.2, -0.15) is 0 Å². The molecule has 0 aliphatic rings. The van der Waals surface area contributed by atoms with E-state index in [1.807, 2.05) is 25.1 Å². The van der Waals surface area contributed by atoms with Crippen LogP contribution in [0.5, 0.6) is 0 Å². The van der Waals surface area contributed by atoms with Crippen molar-refractivity contribution in [3.8, 4) is 0 Å². The molecule has 80 valence electrons. The number of benzene rings is 1. The Morgan fingerprint density at radius 3 is 2.71 bits per heavy atom. The van der Waals surface area contributed by atoms with E-state index < -0.39 is 0 Å². The molecule has 0 aliphatic carbocycles. The lowest BCUT2D eigenvalue weighted by Gasteiger charge is -2.13. The molecule has 1 aromatic carbocycles. The van der Waals surface area contributed by atoms with Crippen LogP contribution in [0.3, 0.4) is 0 Å². The molecule has 14 heavy (non-hydrogen) atoms. The maximum atomic E-state index is 8.77. The predicted octanol–water partition coefficient (Wildman–Crippen LogP) is 2.56. The average molecular weight is 281 g/mol. The summed E-state index contributed by atoms with van der Waals surface area (Å²) in [4.78, 5) is 0. The van der Waals surface area contributed by atoms with Crippen molar-refractivity contribution in [1.29, 1.82) is 0 Å². The average Bonchev–Trinajstić information content (AvgIpc) is 2.09. The fraction of sp³-hybridized carbons (Fsp3) is 0.400. The number of aliphatic hydroxyl groups excluding tert-OH is 1. The maximum absolute atomic E-state index is 8.77. The van der Waals surface area contributed by atoms with E-state index in [0.717, 1.165) is 10.0 Å². The van der Waals surface area contributed by atoms with Gasteiger partial charge >= 0.3 is 0 Å². The fourth-order valence-corrected chi connectivity index (χ4v) is 1.68. The molecule has 0 aliphatic heterocycles. The number of rotatable bonds is 3. The first-order valence-corrected chi connectivity index (χ1v) is 5.07. The molecule has 0 aromatic heterocycles. The van der Waals surface area contributed by atoms with Gasteiger partial charge in [0.25, 0.3) is 0 Å². The Bertz CT molecular complexity index is 293. The normalized spacial score (nSPS) is 12.0. The van der Waals surface area contributed by atoms with E-state index in [2.05, 4.69) is 15.9 Å². The highest BCUT2D eigenvalue weighted by atomic mass is 79.9. The van der Waals surface area contributed by atoms with Crippen LogP contribution in [0, 0.1) is 6.92 Å². The van der Waals surface area contributed by atoms with Crippen LogP contribution >= 0.6 is 28.3 Å². The number of hydrogen-bond donors (Lipinski definition) is 2. The van der Waals surface area contributed by atoms with Gasteiger partial charge in [-0.3, -0.25) is 0 Å². The minimum Gasteiger partial charge on any atom is -0.396 e. The van der Waals surface area contributed by atoms with Gasteiger partial charge in [0.05, 0.1) is 0 Å². The van der Waals surface area contributed by atoms with Crippen LogP contribution in [0.1, 0.15) is 23.6 Å². The molecule has 4 heteroatoms. The zero-order chi connectivity index (χ0) is 9.84. The Hall–Kier alpha value is -0.0900. The standard InChI is InChI=1S/C10H14BrNO.ClH/c1-7-2-3-8(11)6-9(7)10(12)4-5-13;/h2-3,6,10,13H,4-5,12H2,1H3;1H/t10-;/m0./s1. The van der Waals surface area contributed by atoms with Crippen LogP contribution < -0.4 is 5.73 Å². The molecule has 2 nitrogen and oxygen atoms in total. The molecule has 0 saturated carbocycles. The van der Waals surface area contributed by atoms with Crippen LogP contribution in [0.2, 0.25) is 0 Å². The summed E-state index contributed by atoms with van der Waals surface area (Å²) < 4.78 is 1.03. The monoisotopic (exact) mass is 279 g/mol. The number of hydrogen-bond acceptors (Lipinski definition) is 2. The molecule has 1 aromatic rings. The largest absolute Gasteiger partial charge is 0.396 e. The van der Waals surface area contributed by atoms with Gasteiger partial charge in [-0.25, -0.2) is 0 Å². The Balaban J connectivity index is 0.00000169. The van der Waals surface area contributed by atoms with Crippen molar-refractivity contribution in [3.05, 3.63) is 33.8 Å². The summed E-state index contributed by atoms with van der Waals surface area (Å²) in [6, 6.07) is 5.96. The summed E-state index contributed by atoms with van der Waals surface area (Å²) in [5.74, 6) is 0. The number of aryl methyl sites for hydroxylation is 1. The smallest absolute Gasteiger partial charge is 0.0449 e. The molecule has 0 radical (unpaired) electrons. The number of halogens is 2. The molecule has 1 rings (SSSR count). The minimum absolute atomic E-state index is 0. The van der Waals surface area contributed by atoms with Crippen LogP contribution in [0.15, 0.2) is 22.7 Å². The van der Waals surface area contributed by atoms with Crippen molar-refractivity contribution >= 4 is 28.3 Å². The summed E-state index contributed by atoms with van der Waals surface area (Å²) in [7, 11) is 0. The second-order valence-electron chi connectivity index (χ2n) is 3.12. The van der Waals surface area contributed by atoms with E-state index in [4.69, 9.17) is 10.8 Å². The van der Waals surface area contributed by atoms with Crippen molar-refractivity contribution in [2.24, 2.45) is 5.73 Å². The molecule has 1 atom stereocenters. The third-order valence-corrected chi connectivity index (χ3v) is 2.57. The van der Waals surface area contributed by atoms with Crippen LogP contribution in [0.4, 0.5) is 0 Å². The summed E-state index contributed by atoms with van der Waals surface area (Å²) in [5, 5.41) is 8.77. The quantitative estimate of drug-likeness (QED) is 0.894. The maximum Gasteiger partial charge on any atom is 0.0449 e. The molecule has 0 spiro atoms. The van der Waals surface area contributed by atoms with Crippen molar-refractivity contribution < 1.29 is 5.11 Å². The summed E-state index contributed by atoms with van der Waals surface area (Å²) in [6.07, 6.45) is 0.608. The lowest BCUT2D eigenvalue weighted by Crippen LogP contribution is -2.13. The van der Waals surface area contributed by atoms with E-state index in [1.165, 1.54) is 5.56 Å². The molecule has 0 saturated heterocycles. The highest BCUT2D eigenvalue weighted by Gasteiger charge is 2.08. The number of nitrogens with two attached hydrogens (primary N) is 1. The first-order valence-electron chi connectivity index (χ1n) is 4.27. The van der Waals surface area contributed by atoms with Crippen molar-refractivity contribution in [1.82, 2.24) is 0 Å². The summed E-state index contributed by atoms with van der Waals surface area (Å²) >= 11 is 3.40. The predicted molar refractivity (Wildman–Crippen MR) is 64.8 cm³/mol. The van der Waals surface area contributed by atoms with Crippen molar-refractivity contribution in [2.75, 3.05) is 6.61 Å². The topological polar surface area (TPSA) is 46.2 Å².